The summed E-state index contributed by atoms with van der Waals surface area (Å²) in [7, 11) is 0. The monoisotopic (exact) mass is 931 g/mol. The molecule has 6 heteroatoms. The average Bonchev–Trinajstić information content (AvgIpc) is 3.33. The van der Waals surface area contributed by atoms with Crippen LogP contribution in [-0.2, 0) is 28.6 Å². The highest BCUT2D eigenvalue weighted by molar-refractivity contribution is 5.71. The number of ether oxygens (including phenoxy) is 3. The van der Waals surface area contributed by atoms with E-state index in [-0.39, 0.29) is 37.5 Å². The van der Waals surface area contributed by atoms with Gasteiger partial charge >= 0.3 is 17.9 Å². The third-order valence-corrected chi connectivity index (χ3v) is 11.5. The van der Waals surface area contributed by atoms with Crippen LogP contribution in [0.25, 0.3) is 0 Å². The predicted molar refractivity (Wildman–Crippen MR) is 288 cm³/mol. The van der Waals surface area contributed by atoms with Crippen LogP contribution in [0.15, 0.2) is 97.2 Å². The SMILES string of the molecule is CC/C=C\C/C=C\C/C=C\C/C=C\CCCCC(=O)OC(COC(=O)CCCCCCCCC/C=C\C/C=C\CCCCC)COC(=O)CCCCCCCCC/C=C\C/C=C\CCCCC. The molecule has 0 spiro atoms. The van der Waals surface area contributed by atoms with E-state index in [1.807, 2.05) is 0 Å². The third kappa shape index (κ3) is 53.2. The number of hydrogen-bond donors (Lipinski definition) is 0. The Morgan fingerprint density at radius 1 is 0.313 bits per heavy atom. The van der Waals surface area contributed by atoms with E-state index in [0.29, 0.717) is 19.3 Å². The van der Waals surface area contributed by atoms with Gasteiger partial charge in [0.15, 0.2) is 6.10 Å². The zero-order valence-corrected chi connectivity index (χ0v) is 43.6. The molecule has 0 saturated carbocycles. The molecule has 0 radical (unpaired) electrons. The largest absolute Gasteiger partial charge is 0.462 e. The Morgan fingerprint density at radius 3 is 0.940 bits per heavy atom. The summed E-state index contributed by atoms with van der Waals surface area (Å²) < 4.78 is 16.8. The second-order valence-electron chi connectivity index (χ2n) is 18.1. The zero-order valence-electron chi connectivity index (χ0n) is 43.6. The van der Waals surface area contributed by atoms with E-state index in [2.05, 4.69) is 118 Å². The van der Waals surface area contributed by atoms with Gasteiger partial charge < -0.3 is 14.2 Å². The van der Waals surface area contributed by atoms with E-state index in [4.69, 9.17) is 14.2 Å². The minimum atomic E-state index is -0.807. The van der Waals surface area contributed by atoms with Crippen LogP contribution in [0.2, 0.25) is 0 Å². The molecule has 0 unspecified atom stereocenters. The smallest absolute Gasteiger partial charge is 0.306 e. The number of rotatable bonds is 49. The fourth-order valence-electron chi connectivity index (χ4n) is 7.37. The lowest BCUT2D eigenvalue weighted by atomic mass is 10.1. The third-order valence-electron chi connectivity index (χ3n) is 11.5. The molecule has 0 heterocycles. The molecule has 0 atom stereocenters. The van der Waals surface area contributed by atoms with Gasteiger partial charge in [-0.1, -0.05) is 208 Å². The van der Waals surface area contributed by atoms with Crippen molar-refractivity contribution < 1.29 is 28.6 Å². The van der Waals surface area contributed by atoms with Gasteiger partial charge in [0, 0.05) is 19.3 Å². The van der Waals surface area contributed by atoms with Crippen molar-refractivity contribution in [3.8, 4) is 0 Å². The van der Waals surface area contributed by atoms with Crippen LogP contribution in [0.1, 0.15) is 252 Å². The molecule has 0 aromatic carbocycles. The molecule has 0 aromatic heterocycles. The van der Waals surface area contributed by atoms with Crippen LogP contribution in [0, 0.1) is 0 Å². The maximum atomic E-state index is 12.8. The van der Waals surface area contributed by atoms with Crippen molar-refractivity contribution in [1.29, 1.82) is 0 Å². The van der Waals surface area contributed by atoms with Crippen LogP contribution in [0.3, 0.4) is 0 Å². The molecule has 0 N–H and O–H groups in total. The summed E-state index contributed by atoms with van der Waals surface area (Å²) >= 11 is 0. The number of carbonyl (C=O) groups is 3. The topological polar surface area (TPSA) is 78.9 Å². The lowest BCUT2D eigenvalue weighted by Crippen LogP contribution is -2.30. The second-order valence-corrected chi connectivity index (χ2v) is 18.1. The van der Waals surface area contributed by atoms with Gasteiger partial charge in [-0.25, -0.2) is 0 Å². The summed E-state index contributed by atoms with van der Waals surface area (Å²) in [6, 6.07) is 0. The predicted octanol–water partition coefficient (Wildman–Crippen LogP) is 18.5. The van der Waals surface area contributed by atoms with Crippen LogP contribution in [0.5, 0.6) is 0 Å². The molecule has 0 aliphatic heterocycles. The highest BCUT2D eigenvalue weighted by Gasteiger charge is 2.19. The van der Waals surface area contributed by atoms with Gasteiger partial charge in [-0.2, -0.15) is 0 Å². The maximum Gasteiger partial charge on any atom is 0.306 e. The molecule has 0 aromatic rings. The molecule has 0 bridgehead atoms. The minimum absolute atomic E-state index is 0.102. The first kappa shape index (κ1) is 63.3. The fourth-order valence-corrected chi connectivity index (χ4v) is 7.37. The molecule has 0 aliphatic carbocycles. The molecule has 382 valence electrons. The lowest BCUT2D eigenvalue weighted by molar-refractivity contribution is -0.167. The van der Waals surface area contributed by atoms with Crippen LogP contribution in [0.4, 0.5) is 0 Å². The molecule has 0 fully saturated rings. The summed E-state index contributed by atoms with van der Waals surface area (Å²) in [5.74, 6) is -0.958. The van der Waals surface area contributed by atoms with Crippen molar-refractivity contribution in [2.45, 2.75) is 258 Å². The van der Waals surface area contributed by atoms with Crippen molar-refractivity contribution in [2.24, 2.45) is 0 Å². The first-order valence-corrected chi connectivity index (χ1v) is 27.7. The average molecular weight is 931 g/mol. The van der Waals surface area contributed by atoms with Crippen LogP contribution in [-0.4, -0.2) is 37.2 Å². The van der Waals surface area contributed by atoms with Crippen molar-refractivity contribution in [2.75, 3.05) is 13.2 Å². The second kappa shape index (κ2) is 54.9. The maximum absolute atomic E-state index is 12.8. The molecule has 0 aliphatic rings. The van der Waals surface area contributed by atoms with Crippen molar-refractivity contribution in [3.63, 3.8) is 0 Å². The highest BCUT2D eigenvalue weighted by Crippen LogP contribution is 2.14. The quantitative estimate of drug-likeness (QED) is 0.0262. The summed E-state index contributed by atoms with van der Waals surface area (Å²) in [6.07, 6.45) is 72.5. The van der Waals surface area contributed by atoms with Gasteiger partial charge in [0.25, 0.3) is 0 Å². The Morgan fingerprint density at radius 2 is 0.582 bits per heavy atom. The van der Waals surface area contributed by atoms with Gasteiger partial charge in [0.2, 0.25) is 0 Å². The van der Waals surface area contributed by atoms with Gasteiger partial charge in [-0.05, 0) is 122 Å². The molecule has 0 saturated heterocycles. The number of esters is 3. The lowest BCUT2D eigenvalue weighted by Gasteiger charge is -2.18. The van der Waals surface area contributed by atoms with Crippen LogP contribution >= 0.6 is 0 Å². The normalized spacial score (nSPS) is 12.4. The Hall–Kier alpha value is -3.67. The number of allylic oxidation sites excluding steroid dienone is 16. The van der Waals surface area contributed by atoms with Crippen LogP contribution < -0.4 is 0 Å². The molecule has 0 rings (SSSR count). The first-order valence-electron chi connectivity index (χ1n) is 27.7. The van der Waals surface area contributed by atoms with E-state index >= 15 is 0 Å². The highest BCUT2D eigenvalue weighted by atomic mass is 16.6. The summed E-state index contributed by atoms with van der Waals surface area (Å²) in [6.45, 7) is 6.43. The summed E-state index contributed by atoms with van der Waals surface area (Å²) in [4.78, 5) is 38.1. The molecule has 0 amide bonds. The minimum Gasteiger partial charge on any atom is -0.462 e. The van der Waals surface area contributed by atoms with E-state index < -0.39 is 6.10 Å². The summed E-state index contributed by atoms with van der Waals surface area (Å²) in [5, 5.41) is 0. The molecular formula is C61H102O6. The van der Waals surface area contributed by atoms with E-state index in [0.717, 1.165) is 103 Å². The van der Waals surface area contributed by atoms with E-state index in [1.165, 1.54) is 103 Å². The Kier molecular flexibility index (Phi) is 51.9. The Bertz CT molecular complexity index is 1280. The first-order chi connectivity index (χ1) is 33.0. The molecule has 67 heavy (non-hydrogen) atoms. The van der Waals surface area contributed by atoms with Crippen molar-refractivity contribution in [1.82, 2.24) is 0 Å². The fraction of sp³-hybridized carbons (Fsp3) is 0.689. The number of carbonyl (C=O) groups excluding carboxylic acids is 3. The molecular weight excluding hydrogens is 829 g/mol. The van der Waals surface area contributed by atoms with Crippen molar-refractivity contribution in [3.05, 3.63) is 97.2 Å². The van der Waals surface area contributed by atoms with Gasteiger partial charge in [0.05, 0.1) is 0 Å². The van der Waals surface area contributed by atoms with E-state index in [9.17, 15) is 14.4 Å². The summed E-state index contributed by atoms with van der Waals surface area (Å²) in [5.41, 5.74) is 0. The number of unbranched alkanes of at least 4 members (excludes halogenated alkanes) is 22. The standard InChI is InChI=1S/C61H102O6/c1-4-7-10-13-16-19-22-25-28-30-33-35-38-41-44-47-50-53-59(62)65-56-58(67-61(64)55-52-49-46-43-40-37-32-27-24-21-18-15-12-9-6-3)57-66-60(63)54-51-48-45-42-39-36-34-31-29-26-23-20-17-14-11-8-5-2/h9,12,16-21,25-29,32,40,43,58H,4-8,10-11,13-15,22-24,30-31,33-39,41-42,44-57H2,1-3H3/b12-9-,19-16-,20-17-,21-18-,28-25-,29-26-,32-27-,43-40-. The van der Waals surface area contributed by atoms with Gasteiger partial charge in [-0.15, -0.1) is 0 Å². The van der Waals surface area contributed by atoms with Gasteiger partial charge in [0.1, 0.15) is 13.2 Å². The zero-order chi connectivity index (χ0) is 48.6. The van der Waals surface area contributed by atoms with Crippen molar-refractivity contribution >= 4 is 17.9 Å². The Labute approximate surface area is 413 Å². The number of hydrogen-bond acceptors (Lipinski definition) is 6. The molecule has 6 nitrogen and oxygen atoms in total. The van der Waals surface area contributed by atoms with Gasteiger partial charge in [-0.3, -0.25) is 14.4 Å². The van der Waals surface area contributed by atoms with E-state index in [1.54, 1.807) is 0 Å². The Balaban J connectivity index is 4.47.